The quantitative estimate of drug-likeness (QED) is 0.422. The fourth-order valence-corrected chi connectivity index (χ4v) is 6.38. The van der Waals surface area contributed by atoms with Crippen molar-refractivity contribution in [3.8, 4) is 0 Å². The normalized spacial score (nSPS) is 41.4. The van der Waals surface area contributed by atoms with Gasteiger partial charge in [0.15, 0.2) is 0 Å². The van der Waals surface area contributed by atoms with Gasteiger partial charge in [0, 0.05) is 10.8 Å². The highest BCUT2D eigenvalue weighted by molar-refractivity contribution is 5.91. The van der Waals surface area contributed by atoms with Crippen LogP contribution in [0, 0.1) is 28.1 Å². The fourth-order valence-electron chi connectivity index (χ4n) is 6.38. The molecule has 0 aromatic rings. The second kappa shape index (κ2) is 7.90. The van der Waals surface area contributed by atoms with Crippen molar-refractivity contribution in [3.05, 3.63) is 24.3 Å². The van der Waals surface area contributed by atoms with Gasteiger partial charge in [0.05, 0.1) is 19.8 Å². The van der Waals surface area contributed by atoms with E-state index in [0.717, 1.165) is 32.1 Å². The predicted molar refractivity (Wildman–Crippen MR) is 111 cm³/mol. The SMILES string of the molecule is C=CC1(C)C=C2C(O)CC3C(C)(COC(=O)CC(=O)OC)CCCC3(C)C2CC1. The van der Waals surface area contributed by atoms with Gasteiger partial charge < -0.3 is 14.6 Å². The van der Waals surface area contributed by atoms with E-state index in [1.54, 1.807) is 0 Å². The van der Waals surface area contributed by atoms with Crippen molar-refractivity contribution in [3.63, 3.8) is 0 Å². The number of hydrogen-bond acceptors (Lipinski definition) is 5. The van der Waals surface area contributed by atoms with Crippen molar-refractivity contribution < 1.29 is 24.2 Å². The minimum Gasteiger partial charge on any atom is -0.469 e. The average Bonchev–Trinajstić information content (AvgIpc) is 2.68. The largest absolute Gasteiger partial charge is 0.469 e. The Bertz CT molecular complexity index is 712. The molecule has 5 heteroatoms. The van der Waals surface area contributed by atoms with E-state index < -0.39 is 18.0 Å². The first-order valence-corrected chi connectivity index (χ1v) is 10.8. The van der Waals surface area contributed by atoms with Gasteiger partial charge in [0.2, 0.25) is 0 Å². The van der Waals surface area contributed by atoms with Crippen molar-refractivity contribution in [2.75, 3.05) is 13.7 Å². The molecule has 0 aliphatic heterocycles. The number of aliphatic hydroxyl groups is 1. The van der Waals surface area contributed by atoms with Gasteiger partial charge in [-0.2, -0.15) is 0 Å². The molecule has 29 heavy (non-hydrogen) atoms. The van der Waals surface area contributed by atoms with Gasteiger partial charge in [-0.1, -0.05) is 39.3 Å². The molecule has 3 aliphatic rings. The summed E-state index contributed by atoms with van der Waals surface area (Å²) in [5.74, 6) is -0.500. The molecule has 1 N–H and O–H groups in total. The lowest BCUT2D eigenvalue weighted by Crippen LogP contribution is -2.56. The van der Waals surface area contributed by atoms with Crippen LogP contribution in [0.2, 0.25) is 0 Å². The molecule has 2 saturated carbocycles. The van der Waals surface area contributed by atoms with Crippen LogP contribution in [0.1, 0.15) is 65.7 Å². The lowest BCUT2D eigenvalue weighted by molar-refractivity contribution is -0.162. The van der Waals surface area contributed by atoms with E-state index in [-0.39, 0.29) is 35.2 Å². The summed E-state index contributed by atoms with van der Waals surface area (Å²) >= 11 is 0. The second-order valence-electron chi connectivity index (χ2n) is 10.2. The monoisotopic (exact) mass is 404 g/mol. The molecule has 3 rings (SSSR count). The maximum absolute atomic E-state index is 12.0. The number of fused-ring (bicyclic) bond motifs is 3. The van der Waals surface area contributed by atoms with E-state index in [2.05, 4.69) is 38.2 Å². The average molecular weight is 405 g/mol. The van der Waals surface area contributed by atoms with Crippen LogP contribution in [0.4, 0.5) is 0 Å². The molecule has 5 nitrogen and oxygen atoms in total. The lowest BCUT2D eigenvalue weighted by atomic mass is 9.45. The predicted octanol–water partition coefficient (Wildman–Crippen LogP) is 4.20. The number of aliphatic hydroxyl groups excluding tert-OH is 1. The number of methoxy groups -OCH3 is 1. The molecule has 2 fully saturated rings. The standard InChI is InChI=1S/C24H36O5/c1-6-22(2)11-8-17-16(14-22)18(25)12-19-23(3,9-7-10-24(17,19)4)15-29-21(27)13-20(26)28-5/h6,14,17-19,25H,1,7-13,15H2,2-5H3. The molecule has 0 aromatic carbocycles. The molecule has 6 unspecified atom stereocenters. The smallest absolute Gasteiger partial charge is 0.317 e. The number of carbonyl (C=O) groups is 2. The number of allylic oxidation sites excluding steroid dienone is 2. The van der Waals surface area contributed by atoms with Gasteiger partial charge in [-0.05, 0) is 54.9 Å². The van der Waals surface area contributed by atoms with E-state index >= 15 is 0 Å². The van der Waals surface area contributed by atoms with E-state index in [0.29, 0.717) is 12.3 Å². The van der Waals surface area contributed by atoms with Crippen LogP contribution in [0.15, 0.2) is 24.3 Å². The van der Waals surface area contributed by atoms with E-state index in [9.17, 15) is 14.7 Å². The number of hydrogen-bond donors (Lipinski definition) is 1. The summed E-state index contributed by atoms with van der Waals surface area (Å²) in [7, 11) is 1.26. The molecular formula is C24H36O5. The Morgan fingerprint density at radius 2 is 1.97 bits per heavy atom. The first-order valence-electron chi connectivity index (χ1n) is 10.8. The van der Waals surface area contributed by atoms with Crippen LogP contribution in [-0.4, -0.2) is 36.9 Å². The first kappa shape index (κ1) is 22.1. The minimum absolute atomic E-state index is 0.0442. The topological polar surface area (TPSA) is 72.8 Å². The Balaban J connectivity index is 1.82. The van der Waals surface area contributed by atoms with E-state index in [4.69, 9.17) is 4.74 Å². The summed E-state index contributed by atoms with van der Waals surface area (Å²) in [4.78, 5) is 23.4. The summed E-state index contributed by atoms with van der Waals surface area (Å²) in [6, 6.07) is 0. The van der Waals surface area contributed by atoms with Crippen LogP contribution in [0.5, 0.6) is 0 Å². The first-order chi connectivity index (χ1) is 13.6. The van der Waals surface area contributed by atoms with Crippen molar-refractivity contribution >= 4 is 11.9 Å². The van der Waals surface area contributed by atoms with E-state index in [1.807, 2.05) is 6.08 Å². The van der Waals surface area contributed by atoms with Gasteiger partial charge in [-0.3, -0.25) is 9.59 Å². The Morgan fingerprint density at radius 1 is 1.24 bits per heavy atom. The van der Waals surface area contributed by atoms with Gasteiger partial charge in [-0.15, -0.1) is 6.58 Å². The maximum Gasteiger partial charge on any atom is 0.317 e. The van der Waals surface area contributed by atoms with Crippen molar-refractivity contribution in [2.24, 2.45) is 28.1 Å². The molecule has 0 spiro atoms. The zero-order valence-electron chi connectivity index (χ0n) is 18.3. The van der Waals surface area contributed by atoms with Crippen molar-refractivity contribution in [1.29, 1.82) is 0 Å². The number of esters is 2. The molecular weight excluding hydrogens is 368 g/mol. The molecule has 0 aromatic heterocycles. The molecule has 0 amide bonds. The maximum atomic E-state index is 12.0. The number of rotatable bonds is 5. The molecule has 0 heterocycles. The zero-order chi connectivity index (χ0) is 21.4. The Labute approximate surface area is 174 Å². The van der Waals surface area contributed by atoms with Crippen LogP contribution < -0.4 is 0 Å². The lowest BCUT2D eigenvalue weighted by Gasteiger charge is -2.61. The minimum atomic E-state index is -0.580. The fraction of sp³-hybridized carbons (Fsp3) is 0.750. The van der Waals surface area contributed by atoms with Gasteiger partial charge >= 0.3 is 11.9 Å². The molecule has 0 radical (unpaired) electrons. The Kier molecular flexibility index (Phi) is 6.01. The Morgan fingerprint density at radius 3 is 2.62 bits per heavy atom. The molecule has 0 saturated heterocycles. The third-order valence-electron chi connectivity index (χ3n) is 8.16. The molecule has 162 valence electrons. The summed E-state index contributed by atoms with van der Waals surface area (Å²) in [6.07, 6.45) is 9.42. The third kappa shape index (κ3) is 4.03. The molecule has 0 bridgehead atoms. The Hall–Kier alpha value is -1.62. The zero-order valence-corrected chi connectivity index (χ0v) is 18.3. The van der Waals surface area contributed by atoms with Crippen LogP contribution in [0.25, 0.3) is 0 Å². The highest BCUT2D eigenvalue weighted by Gasteiger charge is 2.58. The molecule has 6 atom stereocenters. The highest BCUT2D eigenvalue weighted by Crippen LogP contribution is 2.64. The van der Waals surface area contributed by atoms with Crippen LogP contribution in [0.3, 0.4) is 0 Å². The number of ether oxygens (including phenoxy) is 2. The highest BCUT2D eigenvalue weighted by atomic mass is 16.5. The van der Waals surface area contributed by atoms with Crippen molar-refractivity contribution in [1.82, 2.24) is 0 Å². The summed E-state index contributed by atoms with van der Waals surface area (Å²) < 4.78 is 10.1. The summed E-state index contributed by atoms with van der Waals surface area (Å²) in [5, 5.41) is 11.1. The summed E-state index contributed by atoms with van der Waals surface area (Å²) in [5.41, 5.74) is 1.02. The second-order valence-corrected chi connectivity index (χ2v) is 10.2. The third-order valence-corrected chi connectivity index (χ3v) is 8.16. The van der Waals surface area contributed by atoms with Gasteiger partial charge in [0.25, 0.3) is 0 Å². The van der Waals surface area contributed by atoms with E-state index in [1.165, 1.54) is 12.7 Å². The number of carbonyl (C=O) groups excluding carboxylic acids is 2. The van der Waals surface area contributed by atoms with Crippen LogP contribution >= 0.6 is 0 Å². The van der Waals surface area contributed by atoms with Crippen molar-refractivity contribution in [2.45, 2.75) is 71.8 Å². The molecule has 3 aliphatic carbocycles. The van der Waals surface area contributed by atoms with Gasteiger partial charge in [-0.25, -0.2) is 0 Å². The summed E-state index contributed by atoms with van der Waals surface area (Å²) in [6.45, 7) is 11.0. The van der Waals surface area contributed by atoms with Crippen LogP contribution in [-0.2, 0) is 19.1 Å². The van der Waals surface area contributed by atoms with Gasteiger partial charge in [0.1, 0.15) is 6.42 Å².